The van der Waals surface area contributed by atoms with Crippen LogP contribution in [-0.2, 0) is 0 Å². The molecule has 1 N–H and O–H groups in total. The first-order chi connectivity index (χ1) is 9.84. The molecule has 100 valence electrons. The van der Waals surface area contributed by atoms with Crippen molar-refractivity contribution in [2.24, 2.45) is 5.92 Å². The predicted octanol–water partition coefficient (Wildman–Crippen LogP) is 4.82. The molecule has 0 radical (unpaired) electrons. The fraction of sp³-hybridized carbons (Fsp3) is 0.263. The van der Waals surface area contributed by atoms with Gasteiger partial charge in [-0.3, -0.25) is 0 Å². The van der Waals surface area contributed by atoms with Gasteiger partial charge in [0.05, 0.1) is 6.04 Å². The largest absolute Gasteiger partial charge is 0.377 e. The zero-order valence-corrected chi connectivity index (χ0v) is 11.7. The van der Waals surface area contributed by atoms with Crippen LogP contribution < -0.4 is 5.32 Å². The number of aryl methyl sites for hydroxylation is 1. The smallest absolute Gasteiger partial charge is 0.0554 e. The molecular formula is C19H19N. The Kier molecular flexibility index (Phi) is 2.66. The average molecular weight is 261 g/mol. The number of anilines is 1. The number of rotatable bonds is 1. The van der Waals surface area contributed by atoms with Crippen LogP contribution in [0.4, 0.5) is 5.69 Å². The molecule has 20 heavy (non-hydrogen) atoms. The summed E-state index contributed by atoms with van der Waals surface area (Å²) >= 11 is 0. The summed E-state index contributed by atoms with van der Waals surface area (Å²) in [6.07, 6.45) is 5.93. The topological polar surface area (TPSA) is 12.0 Å². The summed E-state index contributed by atoms with van der Waals surface area (Å²) in [6.45, 7) is 2.20. The third-order valence-electron chi connectivity index (χ3n) is 4.76. The van der Waals surface area contributed by atoms with Crippen molar-refractivity contribution < 1.29 is 0 Å². The van der Waals surface area contributed by atoms with E-state index in [0.29, 0.717) is 17.9 Å². The van der Waals surface area contributed by atoms with Gasteiger partial charge in [-0.05, 0) is 36.0 Å². The molecule has 0 fully saturated rings. The Balaban J connectivity index is 1.83. The lowest BCUT2D eigenvalue weighted by Gasteiger charge is -2.38. The van der Waals surface area contributed by atoms with Crippen LogP contribution in [-0.4, -0.2) is 0 Å². The van der Waals surface area contributed by atoms with E-state index in [1.54, 1.807) is 0 Å². The molecule has 0 amide bonds. The van der Waals surface area contributed by atoms with Crippen molar-refractivity contribution in [2.45, 2.75) is 25.3 Å². The van der Waals surface area contributed by atoms with Gasteiger partial charge in [-0.15, -0.1) is 0 Å². The SMILES string of the molecule is Cc1cccc2c1N[C@H](c1ccccc1)[C@@H]1CC=C[C@H]21. The monoisotopic (exact) mass is 261 g/mol. The predicted molar refractivity (Wildman–Crippen MR) is 84.0 cm³/mol. The summed E-state index contributed by atoms with van der Waals surface area (Å²) in [5.74, 6) is 1.21. The number of nitrogens with one attached hydrogen (secondary N) is 1. The lowest BCUT2D eigenvalue weighted by molar-refractivity contribution is 0.425. The maximum atomic E-state index is 3.81. The van der Waals surface area contributed by atoms with Gasteiger partial charge < -0.3 is 5.32 Å². The third kappa shape index (κ3) is 1.70. The van der Waals surface area contributed by atoms with Gasteiger partial charge in [0.2, 0.25) is 0 Å². The maximum Gasteiger partial charge on any atom is 0.0554 e. The second kappa shape index (κ2) is 4.52. The van der Waals surface area contributed by atoms with E-state index in [0.717, 1.165) is 0 Å². The number of hydrogen-bond acceptors (Lipinski definition) is 1. The first-order valence-corrected chi connectivity index (χ1v) is 7.42. The van der Waals surface area contributed by atoms with Crippen molar-refractivity contribution in [2.75, 3.05) is 5.32 Å². The molecule has 0 saturated carbocycles. The molecule has 1 aliphatic heterocycles. The Hall–Kier alpha value is -2.02. The zero-order valence-electron chi connectivity index (χ0n) is 11.7. The highest BCUT2D eigenvalue weighted by Gasteiger charge is 2.37. The molecule has 0 unspecified atom stereocenters. The molecule has 1 heterocycles. The van der Waals surface area contributed by atoms with Gasteiger partial charge in [0.1, 0.15) is 0 Å². The van der Waals surface area contributed by atoms with Crippen LogP contribution in [0, 0.1) is 12.8 Å². The van der Waals surface area contributed by atoms with E-state index in [4.69, 9.17) is 0 Å². The number of hydrogen-bond donors (Lipinski definition) is 1. The maximum absolute atomic E-state index is 3.81. The minimum atomic E-state index is 0.421. The van der Waals surface area contributed by atoms with Crippen LogP contribution in [0.25, 0.3) is 0 Å². The fourth-order valence-electron chi connectivity index (χ4n) is 3.77. The molecule has 2 aliphatic rings. The minimum absolute atomic E-state index is 0.421. The van der Waals surface area contributed by atoms with Gasteiger partial charge in [-0.1, -0.05) is 60.7 Å². The van der Waals surface area contributed by atoms with Gasteiger partial charge in [-0.25, -0.2) is 0 Å². The van der Waals surface area contributed by atoms with E-state index in [2.05, 4.69) is 72.9 Å². The molecule has 1 nitrogen and oxygen atoms in total. The summed E-state index contributed by atoms with van der Waals surface area (Å²) < 4.78 is 0. The Bertz CT molecular complexity index is 657. The van der Waals surface area contributed by atoms with Gasteiger partial charge in [0.15, 0.2) is 0 Å². The number of allylic oxidation sites excluding steroid dienone is 2. The summed E-state index contributed by atoms with van der Waals surface area (Å²) in [7, 11) is 0. The molecule has 0 bridgehead atoms. The van der Waals surface area contributed by atoms with Gasteiger partial charge in [-0.2, -0.15) is 0 Å². The van der Waals surface area contributed by atoms with Gasteiger partial charge in [0, 0.05) is 11.6 Å². The first-order valence-electron chi connectivity index (χ1n) is 7.42. The van der Waals surface area contributed by atoms with Crippen LogP contribution in [0.2, 0.25) is 0 Å². The van der Waals surface area contributed by atoms with Crippen LogP contribution in [0.15, 0.2) is 60.7 Å². The number of benzene rings is 2. The summed E-state index contributed by atoms with van der Waals surface area (Å²) in [4.78, 5) is 0. The van der Waals surface area contributed by atoms with Crippen LogP contribution in [0.5, 0.6) is 0 Å². The second-order valence-corrected chi connectivity index (χ2v) is 5.93. The standard InChI is InChI=1S/C19H19N/c1-13-7-5-11-16-15-10-6-12-17(15)19(20-18(13)16)14-8-3-2-4-9-14/h2-11,15,17,19-20H,12H2,1H3/t15-,17-,19-/m1/s1. The highest BCUT2D eigenvalue weighted by atomic mass is 15.0. The molecule has 1 heteroatoms. The van der Waals surface area contributed by atoms with Crippen molar-refractivity contribution in [1.82, 2.24) is 0 Å². The first kappa shape index (κ1) is 11.8. The van der Waals surface area contributed by atoms with E-state index < -0.39 is 0 Å². The molecule has 2 aromatic carbocycles. The molecule has 4 rings (SSSR count). The van der Waals surface area contributed by atoms with Crippen molar-refractivity contribution in [3.05, 3.63) is 77.4 Å². The Morgan fingerprint density at radius 1 is 1.00 bits per heavy atom. The average Bonchev–Trinajstić information content (AvgIpc) is 2.97. The fourth-order valence-corrected chi connectivity index (χ4v) is 3.77. The number of fused-ring (bicyclic) bond motifs is 3. The van der Waals surface area contributed by atoms with Gasteiger partial charge in [0.25, 0.3) is 0 Å². The lowest BCUT2D eigenvalue weighted by atomic mass is 9.76. The van der Waals surface area contributed by atoms with Crippen molar-refractivity contribution in [3.8, 4) is 0 Å². The molecular weight excluding hydrogens is 242 g/mol. The van der Waals surface area contributed by atoms with Crippen molar-refractivity contribution in [3.63, 3.8) is 0 Å². The molecule has 0 spiro atoms. The Morgan fingerprint density at radius 3 is 2.70 bits per heavy atom. The van der Waals surface area contributed by atoms with Crippen LogP contribution in [0.1, 0.15) is 35.1 Å². The Morgan fingerprint density at radius 2 is 1.85 bits per heavy atom. The lowest BCUT2D eigenvalue weighted by Crippen LogP contribution is -2.29. The van der Waals surface area contributed by atoms with Crippen LogP contribution >= 0.6 is 0 Å². The molecule has 0 saturated heterocycles. The molecule has 3 atom stereocenters. The van der Waals surface area contributed by atoms with E-state index in [1.165, 1.54) is 28.8 Å². The zero-order chi connectivity index (χ0) is 13.5. The van der Waals surface area contributed by atoms with Crippen molar-refractivity contribution in [1.29, 1.82) is 0 Å². The van der Waals surface area contributed by atoms with Crippen molar-refractivity contribution >= 4 is 5.69 Å². The quantitative estimate of drug-likeness (QED) is 0.726. The minimum Gasteiger partial charge on any atom is -0.377 e. The third-order valence-corrected chi connectivity index (χ3v) is 4.76. The van der Waals surface area contributed by atoms with E-state index in [1.807, 2.05) is 0 Å². The second-order valence-electron chi connectivity index (χ2n) is 5.93. The normalized spacial score (nSPS) is 26.8. The molecule has 1 aliphatic carbocycles. The summed E-state index contributed by atoms with van der Waals surface area (Å²) in [6, 6.07) is 18.0. The highest BCUT2D eigenvalue weighted by Crippen LogP contribution is 2.50. The Labute approximate surface area is 120 Å². The van der Waals surface area contributed by atoms with Crippen LogP contribution in [0.3, 0.4) is 0 Å². The molecule has 2 aromatic rings. The summed E-state index contributed by atoms with van der Waals surface area (Å²) in [5, 5.41) is 3.81. The van der Waals surface area contributed by atoms with E-state index in [-0.39, 0.29) is 0 Å². The van der Waals surface area contributed by atoms with E-state index in [9.17, 15) is 0 Å². The highest BCUT2D eigenvalue weighted by molar-refractivity contribution is 5.63. The van der Waals surface area contributed by atoms with Gasteiger partial charge >= 0.3 is 0 Å². The van der Waals surface area contributed by atoms with E-state index >= 15 is 0 Å². The summed E-state index contributed by atoms with van der Waals surface area (Å²) in [5.41, 5.74) is 5.56. The molecule has 0 aromatic heterocycles. The number of para-hydroxylation sites is 1.